The number of nitrogens with zero attached hydrogens (tertiary/aromatic N) is 4. The smallest absolute Gasteiger partial charge is 0.231 e. The third kappa shape index (κ3) is 5.41. The quantitative estimate of drug-likeness (QED) is 0.288. The van der Waals surface area contributed by atoms with E-state index in [2.05, 4.69) is 47.5 Å². The van der Waals surface area contributed by atoms with Crippen LogP contribution in [0.5, 0.6) is 17.2 Å². The van der Waals surface area contributed by atoms with Gasteiger partial charge in [-0.25, -0.2) is 9.97 Å². The Hall–Kier alpha value is -3.02. The second kappa shape index (κ2) is 11.0. The Morgan fingerprint density at radius 1 is 1.16 bits per heavy atom. The van der Waals surface area contributed by atoms with Crippen LogP contribution in [0.1, 0.15) is 24.8 Å². The highest BCUT2D eigenvalue weighted by atomic mass is 79.9. The minimum Gasteiger partial charge on any atom is -0.497 e. The summed E-state index contributed by atoms with van der Waals surface area (Å²) in [6.45, 7) is 4.25. The van der Waals surface area contributed by atoms with Crippen LogP contribution in [0, 0.1) is 11.3 Å². The van der Waals surface area contributed by atoms with Gasteiger partial charge in [-0.05, 0) is 84.0 Å². The number of fused-ring (bicyclic) bond motifs is 2. The largest absolute Gasteiger partial charge is 0.497 e. The number of aromatic amines is 1. The van der Waals surface area contributed by atoms with E-state index >= 15 is 0 Å². The number of hydrogen-bond acceptors (Lipinski definition) is 8. The fourth-order valence-electron chi connectivity index (χ4n) is 5.00. The maximum Gasteiger partial charge on any atom is 0.231 e. The van der Waals surface area contributed by atoms with Crippen molar-refractivity contribution >= 4 is 38.9 Å². The number of aryl methyl sites for hydroxylation is 1. The fraction of sp³-hybridized carbons (Fsp3) is 0.370. The van der Waals surface area contributed by atoms with E-state index in [1.807, 2.05) is 24.3 Å². The zero-order valence-corrected chi connectivity index (χ0v) is 23.5. The lowest BCUT2D eigenvalue weighted by Crippen LogP contribution is -2.33. The summed E-state index contributed by atoms with van der Waals surface area (Å²) in [6, 6.07) is 12.2. The molecule has 2 aliphatic heterocycles. The van der Waals surface area contributed by atoms with Gasteiger partial charge in [0.25, 0.3) is 0 Å². The highest BCUT2D eigenvalue weighted by Gasteiger charge is 2.21. The normalized spacial score (nSPS) is 15.8. The topological polar surface area (TPSA) is 101 Å². The number of imidazole rings is 1. The van der Waals surface area contributed by atoms with Crippen molar-refractivity contribution < 1.29 is 14.2 Å². The number of rotatable bonds is 8. The number of hydrogen-bond donors (Lipinski definition) is 2. The van der Waals surface area contributed by atoms with Gasteiger partial charge in [-0.2, -0.15) is 0 Å². The first-order valence-electron chi connectivity index (χ1n) is 12.7. The van der Waals surface area contributed by atoms with Gasteiger partial charge in [0.1, 0.15) is 11.3 Å². The average Bonchev–Trinajstić information content (AvgIpc) is 3.57. The molecule has 2 aromatic heterocycles. The molecule has 0 spiro atoms. The lowest BCUT2D eigenvalue weighted by Gasteiger charge is -2.32. The number of methoxy groups -OCH3 is 1. The number of aromatic nitrogens is 4. The SMILES string of the molecule is COc1ccc(CN2CCC(CCn3cnc(=N)c4[nH]c(Sc5cc6c(cc5Br)OCO6)nc43)CC2)cc1. The molecule has 0 atom stereocenters. The summed E-state index contributed by atoms with van der Waals surface area (Å²) in [5, 5.41) is 9.01. The van der Waals surface area contributed by atoms with Gasteiger partial charge in [-0.3, -0.25) is 10.3 Å². The first-order chi connectivity index (χ1) is 18.6. The van der Waals surface area contributed by atoms with E-state index in [1.165, 1.54) is 30.2 Å². The number of likely N-dealkylation sites (tertiary alicyclic amines) is 1. The molecular weight excluding hydrogens is 568 g/mol. The van der Waals surface area contributed by atoms with Gasteiger partial charge in [-0.1, -0.05) is 23.9 Å². The Kier molecular flexibility index (Phi) is 7.31. The van der Waals surface area contributed by atoms with E-state index in [-0.39, 0.29) is 12.3 Å². The Labute approximate surface area is 233 Å². The summed E-state index contributed by atoms with van der Waals surface area (Å²) < 4.78 is 19.2. The predicted octanol–water partition coefficient (Wildman–Crippen LogP) is 5.19. The monoisotopic (exact) mass is 596 g/mol. The van der Waals surface area contributed by atoms with Crippen molar-refractivity contribution in [3.8, 4) is 17.2 Å². The lowest BCUT2D eigenvalue weighted by molar-refractivity contribution is 0.169. The lowest BCUT2D eigenvalue weighted by atomic mass is 9.93. The Bertz CT molecular complexity index is 1500. The number of benzene rings is 2. The molecule has 2 aliphatic rings. The zero-order valence-electron chi connectivity index (χ0n) is 21.1. The Balaban J connectivity index is 1.09. The molecule has 4 aromatic rings. The van der Waals surface area contributed by atoms with Crippen LogP contribution in [-0.4, -0.2) is 51.4 Å². The maximum atomic E-state index is 8.30. The van der Waals surface area contributed by atoms with E-state index in [0.29, 0.717) is 16.6 Å². The molecule has 38 heavy (non-hydrogen) atoms. The van der Waals surface area contributed by atoms with Gasteiger partial charge in [0.2, 0.25) is 6.79 Å². The third-order valence-electron chi connectivity index (χ3n) is 7.18. The van der Waals surface area contributed by atoms with Gasteiger partial charge >= 0.3 is 0 Å². The Morgan fingerprint density at radius 2 is 1.92 bits per heavy atom. The van der Waals surface area contributed by atoms with Crippen LogP contribution in [0.4, 0.5) is 0 Å². The summed E-state index contributed by atoms with van der Waals surface area (Å²) >= 11 is 5.10. The summed E-state index contributed by atoms with van der Waals surface area (Å²) in [5.41, 5.74) is 2.94. The van der Waals surface area contributed by atoms with Gasteiger partial charge in [0.15, 0.2) is 27.8 Å². The van der Waals surface area contributed by atoms with Crippen LogP contribution < -0.4 is 19.7 Å². The van der Waals surface area contributed by atoms with Crippen molar-refractivity contribution in [2.24, 2.45) is 5.92 Å². The minimum atomic E-state index is 0.201. The standard InChI is InChI=1S/C27H29BrN6O3S/c1-35-19-4-2-18(3-5-19)14-33-9-6-17(7-10-33)8-11-34-15-30-25(29)24-26(34)32-27(31-24)38-23-13-22-21(12-20(23)28)36-16-37-22/h2-5,12-13,15,17,29H,6-11,14,16H2,1H3,(H,31,32). The molecule has 0 amide bonds. The molecule has 0 bridgehead atoms. The average molecular weight is 598 g/mol. The molecule has 6 rings (SSSR count). The number of nitrogens with one attached hydrogen (secondary N) is 2. The minimum absolute atomic E-state index is 0.201. The molecule has 2 aromatic carbocycles. The molecule has 0 saturated carbocycles. The molecule has 11 heteroatoms. The van der Waals surface area contributed by atoms with Gasteiger partial charge in [0, 0.05) is 22.5 Å². The maximum absolute atomic E-state index is 8.30. The molecule has 198 valence electrons. The van der Waals surface area contributed by atoms with Crippen molar-refractivity contribution in [2.75, 3.05) is 27.0 Å². The second-order valence-corrected chi connectivity index (χ2v) is 11.5. The molecule has 0 radical (unpaired) electrons. The van der Waals surface area contributed by atoms with Crippen LogP contribution in [0.15, 0.2) is 57.3 Å². The van der Waals surface area contributed by atoms with Crippen molar-refractivity contribution in [3.63, 3.8) is 0 Å². The van der Waals surface area contributed by atoms with Gasteiger partial charge < -0.3 is 23.8 Å². The van der Waals surface area contributed by atoms with Crippen LogP contribution in [0.25, 0.3) is 11.2 Å². The molecule has 2 N–H and O–H groups in total. The molecule has 1 saturated heterocycles. The van der Waals surface area contributed by atoms with Crippen molar-refractivity contribution in [3.05, 3.63) is 58.2 Å². The Morgan fingerprint density at radius 3 is 2.68 bits per heavy atom. The van der Waals surface area contributed by atoms with E-state index in [1.54, 1.807) is 13.4 Å². The van der Waals surface area contributed by atoms with Gasteiger partial charge in [-0.15, -0.1) is 0 Å². The molecule has 0 aliphatic carbocycles. The molecule has 9 nitrogen and oxygen atoms in total. The highest BCUT2D eigenvalue weighted by Crippen LogP contribution is 2.42. The van der Waals surface area contributed by atoms with E-state index in [4.69, 9.17) is 24.6 Å². The summed E-state index contributed by atoms with van der Waals surface area (Å²) in [5.74, 6) is 3.01. The summed E-state index contributed by atoms with van der Waals surface area (Å²) in [4.78, 5) is 15.9. The van der Waals surface area contributed by atoms with Crippen LogP contribution in [-0.2, 0) is 13.1 Å². The highest BCUT2D eigenvalue weighted by molar-refractivity contribution is 9.10. The predicted molar refractivity (Wildman–Crippen MR) is 148 cm³/mol. The second-order valence-electron chi connectivity index (χ2n) is 9.62. The van der Waals surface area contributed by atoms with Gasteiger partial charge in [0.05, 0.1) is 13.4 Å². The van der Waals surface area contributed by atoms with Crippen LogP contribution in [0.2, 0.25) is 0 Å². The first kappa shape index (κ1) is 25.3. The number of H-pyrrole nitrogens is 1. The van der Waals surface area contributed by atoms with Crippen molar-refractivity contribution in [1.82, 2.24) is 24.4 Å². The van der Waals surface area contributed by atoms with Crippen LogP contribution >= 0.6 is 27.7 Å². The summed E-state index contributed by atoms with van der Waals surface area (Å²) in [7, 11) is 1.70. The van der Waals surface area contributed by atoms with E-state index in [0.717, 1.165) is 64.9 Å². The zero-order chi connectivity index (χ0) is 26.1. The van der Waals surface area contributed by atoms with Crippen LogP contribution in [0.3, 0.4) is 0 Å². The molecule has 4 heterocycles. The fourth-order valence-corrected chi connectivity index (χ4v) is 6.38. The van der Waals surface area contributed by atoms with E-state index in [9.17, 15) is 0 Å². The van der Waals surface area contributed by atoms with Crippen molar-refractivity contribution in [2.45, 2.75) is 42.4 Å². The summed E-state index contributed by atoms with van der Waals surface area (Å²) in [6.07, 6.45) is 5.18. The molecule has 0 unspecified atom stereocenters. The number of ether oxygens (including phenoxy) is 3. The van der Waals surface area contributed by atoms with E-state index < -0.39 is 0 Å². The third-order valence-corrected chi connectivity index (χ3v) is 9.05. The van der Waals surface area contributed by atoms with Crippen molar-refractivity contribution in [1.29, 1.82) is 5.41 Å². The number of piperidine rings is 1. The molecular formula is C27H29BrN6O3S. The molecule has 1 fully saturated rings. The number of halogens is 1. The first-order valence-corrected chi connectivity index (χ1v) is 14.3.